The number of nitrogen functional groups attached to an aromatic ring is 1. The van der Waals surface area contributed by atoms with E-state index in [-0.39, 0.29) is 10.9 Å². The number of nitrogens with one attached hydrogen (secondary N) is 3. The Labute approximate surface area is 230 Å². The lowest BCUT2D eigenvalue weighted by atomic mass is 10.1. The maximum Gasteiger partial charge on any atom is 0.257 e. The SMILES string of the molecule is Cc1ccc(NC(=O)c2ccc(C#Cc3c(N)ncc4ccc(Cl)cc34)cc2Cl)cc1NC1=CC=CCN1. The van der Waals surface area contributed by atoms with E-state index in [1.54, 1.807) is 30.5 Å². The summed E-state index contributed by atoms with van der Waals surface area (Å²) in [5.41, 5.74) is 10.2. The van der Waals surface area contributed by atoms with Crippen molar-refractivity contribution in [3.05, 3.63) is 117 Å². The van der Waals surface area contributed by atoms with Gasteiger partial charge in [-0.15, -0.1) is 0 Å². The summed E-state index contributed by atoms with van der Waals surface area (Å²) in [6.45, 7) is 2.76. The first-order valence-electron chi connectivity index (χ1n) is 11.8. The van der Waals surface area contributed by atoms with Crippen LogP contribution in [0.15, 0.2) is 84.8 Å². The number of amides is 1. The van der Waals surface area contributed by atoms with Crippen molar-refractivity contribution in [1.29, 1.82) is 0 Å². The van der Waals surface area contributed by atoms with Gasteiger partial charge in [-0.2, -0.15) is 0 Å². The van der Waals surface area contributed by atoms with E-state index >= 15 is 0 Å². The highest BCUT2D eigenvalue weighted by atomic mass is 35.5. The summed E-state index contributed by atoms with van der Waals surface area (Å²) in [6.07, 6.45) is 7.66. The molecule has 5 N–H and O–H groups in total. The minimum Gasteiger partial charge on any atom is -0.383 e. The van der Waals surface area contributed by atoms with Crippen LogP contribution in [0.1, 0.15) is 27.0 Å². The zero-order chi connectivity index (χ0) is 26.6. The third kappa shape index (κ3) is 5.60. The number of aryl methyl sites for hydroxylation is 1. The minimum atomic E-state index is -0.320. The van der Waals surface area contributed by atoms with Crippen LogP contribution in [-0.2, 0) is 0 Å². The van der Waals surface area contributed by atoms with Gasteiger partial charge in [-0.1, -0.05) is 59.3 Å². The Hall–Kier alpha value is -4.44. The molecule has 0 spiro atoms. The Morgan fingerprint density at radius 3 is 2.74 bits per heavy atom. The Morgan fingerprint density at radius 2 is 1.95 bits per heavy atom. The molecule has 0 bridgehead atoms. The first-order chi connectivity index (χ1) is 18.4. The topological polar surface area (TPSA) is 92.1 Å². The van der Waals surface area contributed by atoms with Crippen molar-refractivity contribution in [3.8, 4) is 11.8 Å². The van der Waals surface area contributed by atoms with Gasteiger partial charge in [0.1, 0.15) is 11.6 Å². The molecule has 0 atom stereocenters. The highest BCUT2D eigenvalue weighted by Crippen LogP contribution is 2.26. The number of carbonyl (C=O) groups excluding carboxylic acids is 1. The smallest absolute Gasteiger partial charge is 0.257 e. The van der Waals surface area contributed by atoms with Crippen molar-refractivity contribution in [3.63, 3.8) is 0 Å². The molecule has 1 aliphatic heterocycles. The molecular weight excluding hydrogens is 517 g/mol. The van der Waals surface area contributed by atoms with Crippen LogP contribution in [0.3, 0.4) is 0 Å². The van der Waals surface area contributed by atoms with Crippen LogP contribution >= 0.6 is 23.2 Å². The number of pyridine rings is 1. The maximum atomic E-state index is 13.0. The summed E-state index contributed by atoms with van der Waals surface area (Å²) in [6, 6.07) is 16.2. The lowest BCUT2D eigenvalue weighted by molar-refractivity contribution is 0.102. The number of rotatable bonds is 4. The second kappa shape index (κ2) is 10.9. The van der Waals surface area contributed by atoms with Gasteiger partial charge in [0.05, 0.1) is 16.1 Å². The number of allylic oxidation sites excluding steroid dienone is 2. The van der Waals surface area contributed by atoms with Gasteiger partial charge in [0, 0.05) is 45.5 Å². The first-order valence-corrected chi connectivity index (χ1v) is 12.6. The van der Waals surface area contributed by atoms with Crippen molar-refractivity contribution in [2.45, 2.75) is 6.92 Å². The molecule has 188 valence electrons. The molecule has 5 rings (SSSR count). The van der Waals surface area contributed by atoms with Gasteiger partial charge in [-0.25, -0.2) is 4.98 Å². The summed E-state index contributed by atoms with van der Waals surface area (Å²) < 4.78 is 0. The van der Waals surface area contributed by atoms with E-state index in [2.05, 4.69) is 32.8 Å². The predicted molar refractivity (Wildman–Crippen MR) is 157 cm³/mol. The minimum absolute atomic E-state index is 0.287. The van der Waals surface area contributed by atoms with Crippen LogP contribution in [-0.4, -0.2) is 17.4 Å². The lowest BCUT2D eigenvalue weighted by Gasteiger charge is -2.17. The molecule has 2 heterocycles. The number of dihydropyridines is 1. The second-order valence-electron chi connectivity index (χ2n) is 8.69. The quantitative estimate of drug-likeness (QED) is 0.222. The van der Waals surface area contributed by atoms with E-state index in [9.17, 15) is 4.79 Å². The molecule has 4 aromatic rings. The summed E-state index contributed by atoms with van der Waals surface area (Å²) >= 11 is 12.7. The molecule has 0 unspecified atom stereocenters. The standard InChI is InChI=1S/C30H23Cl2N5O/c1-18-5-10-22(16-27(18)37-28-4-2-3-13-34-28)36-30(38)24-12-7-19(14-26(24)32)6-11-23-25-15-21(31)9-8-20(25)17-35-29(23)33/h2-5,7-10,12,14-17,34,37H,13H2,1H3,(H2,33,35)(H,36,38). The van der Waals surface area contributed by atoms with Gasteiger partial charge < -0.3 is 21.7 Å². The Morgan fingerprint density at radius 1 is 1.08 bits per heavy atom. The third-order valence-corrected chi connectivity index (χ3v) is 6.55. The van der Waals surface area contributed by atoms with E-state index in [0.717, 1.165) is 34.4 Å². The van der Waals surface area contributed by atoms with Crippen LogP contribution in [0.5, 0.6) is 0 Å². The Balaban J connectivity index is 1.35. The molecule has 1 amide bonds. The molecule has 0 radical (unpaired) electrons. The molecule has 0 saturated heterocycles. The lowest BCUT2D eigenvalue weighted by Crippen LogP contribution is -2.22. The number of anilines is 3. The number of hydrogen-bond acceptors (Lipinski definition) is 5. The van der Waals surface area contributed by atoms with Gasteiger partial charge in [0.2, 0.25) is 0 Å². The molecule has 0 aliphatic carbocycles. The van der Waals surface area contributed by atoms with Gasteiger partial charge in [-0.05, 0) is 61.0 Å². The van der Waals surface area contributed by atoms with Crippen molar-refractivity contribution < 1.29 is 4.79 Å². The summed E-state index contributed by atoms with van der Waals surface area (Å²) in [5.74, 6) is 7.04. The number of fused-ring (bicyclic) bond motifs is 1. The average molecular weight is 540 g/mol. The fraction of sp³-hybridized carbons (Fsp3) is 0.0667. The average Bonchev–Trinajstić information content (AvgIpc) is 2.90. The molecule has 1 aromatic heterocycles. The number of nitrogens with two attached hydrogens (primary N) is 1. The largest absolute Gasteiger partial charge is 0.383 e. The van der Waals surface area contributed by atoms with Gasteiger partial charge >= 0.3 is 0 Å². The molecule has 6 nitrogen and oxygen atoms in total. The normalized spacial score (nSPS) is 12.2. The predicted octanol–water partition coefficient (Wildman–Crippen LogP) is 6.50. The number of aromatic nitrogens is 1. The van der Waals surface area contributed by atoms with Crippen molar-refractivity contribution in [2.75, 3.05) is 22.9 Å². The molecule has 0 fully saturated rings. The van der Waals surface area contributed by atoms with Crippen molar-refractivity contribution in [2.24, 2.45) is 0 Å². The van der Waals surface area contributed by atoms with Crippen LogP contribution < -0.4 is 21.7 Å². The van der Waals surface area contributed by atoms with Crippen LogP contribution in [0.2, 0.25) is 10.0 Å². The highest BCUT2D eigenvalue weighted by molar-refractivity contribution is 6.34. The molecular formula is C30H23Cl2N5O. The Kier molecular flexibility index (Phi) is 7.23. The summed E-state index contributed by atoms with van der Waals surface area (Å²) in [7, 11) is 0. The molecule has 38 heavy (non-hydrogen) atoms. The van der Waals surface area contributed by atoms with Crippen molar-refractivity contribution >= 4 is 57.1 Å². The highest BCUT2D eigenvalue weighted by Gasteiger charge is 2.13. The number of hydrogen-bond donors (Lipinski definition) is 4. The fourth-order valence-electron chi connectivity index (χ4n) is 3.97. The number of halogens is 2. The maximum absolute atomic E-state index is 13.0. The summed E-state index contributed by atoms with van der Waals surface area (Å²) in [4.78, 5) is 17.2. The van der Waals surface area contributed by atoms with Crippen LogP contribution in [0, 0.1) is 18.8 Å². The molecule has 3 aromatic carbocycles. The van der Waals surface area contributed by atoms with Gasteiger partial charge in [0.25, 0.3) is 5.91 Å². The third-order valence-electron chi connectivity index (χ3n) is 6.00. The second-order valence-corrected chi connectivity index (χ2v) is 9.54. The number of nitrogens with zero attached hydrogens (tertiary/aromatic N) is 1. The molecule has 0 saturated carbocycles. The Bertz CT molecular complexity index is 1690. The zero-order valence-electron chi connectivity index (χ0n) is 20.4. The first kappa shape index (κ1) is 25.2. The van der Waals surface area contributed by atoms with Crippen molar-refractivity contribution in [1.82, 2.24) is 10.3 Å². The zero-order valence-corrected chi connectivity index (χ0v) is 21.9. The number of benzene rings is 3. The monoisotopic (exact) mass is 539 g/mol. The molecule has 1 aliphatic rings. The van der Waals surface area contributed by atoms with Gasteiger partial charge in [-0.3, -0.25) is 4.79 Å². The number of carbonyl (C=O) groups is 1. The van der Waals surface area contributed by atoms with E-state index in [0.29, 0.717) is 33.2 Å². The van der Waals surface area contributed by atoms with E-state index in [1.807, 2.05) is 55.5 Å². The van der Waals surface area contributed by atoms with Gasteiger partial charge in [0.15, 0.2) is 0 Å². The van der Waals surface area contributed by atoms with Crippen LogP contribution in [0.25, 0.3) is 10.8 Å². The van der Waals surface area contributed by atoms with E-state index in [1.165, 1.54) is 0 Å². The van der Waals surface area contributed by atoms with Crippen LogP contribution in [0.4, 0.5) is 17.2 Å². The summed E-state index contributed by atoms with van der Waals surface area (Å²) in [5, 5.41) is 12.1. The van der Waals surface area contributed by atoms with E-state index < -0.39 is 0 Å². The van der Waals surface area contributed by atoms with E-state index in [4.69, 9.17) is 28.9 Å². The molecule has 8 heteroatoms. The fourth-order valence-corrected chi connectivity index (χ4v) is 4.40.